The summed E-state index contributed by atoms with van der Waals surface area (Å²) in [5, 5.41) is 26.1. The first kappa shape index (κ1) is 37.0. The summed E-state index contributed by atoms with van der Waals surface area (Å²) in [5.41, 5.74) is 6.37. The van der Waals surface area contributed by atoms with Gasteiger partial charge in [-0.25, -0.2) is 0 Å². The van der Waals surface area contributed by atoms with Crippen LogP contribution in [0.2, 0.25) is 0 Å². The van der Waals surface area contributed by atoms with Crippen molar-refractivity contribution in [2.24, 2.45) is 0 Å². The normalized spacial score (nSPS) is 10.9. The first-order valence-electron chi connectivity index (χ1n) is 15.9. The van der Waals surface area contributed by atoms with E-state index in [0.717, 1.165) is 46.5 Å². The predicted octanol–water partition coefficient (Wildman–Crippen LogP) is 8.75. The van der Waals surface area contributed by atoms with Crippen LogP contribution in [-0.2, 0) is 6.42 Å². The minimum absolute atomic E-state index is 0.0789. The Hall–Kier alpha value is -5.50. The molecule has 8 heteroatoms. The second-order valence-corrected chi connectivity index (χ2v) is 11.3. The lowest BCUT2D eigenvalue weighted by Gasteiger charge is -2.12. The number of carbonyl (C=O) groups is 2. The summed E-state index contributed by atoms with van der Waals surface area (Å²) in [6, 6.07) is 21.5. The zero-order chi connectivity index (χ0) is 35.2. The van der Waals surface area contributed by atoms with Crippen molar-refractivity contribution >= 4 is 35.1 Å². The maximum Gasteiger partial charge on any atom is 0.185 e. The molecule has 0 heterocycles. The van der Waals surface area contributed by atoms with Gasteiger partial charge >= 0.3 is 0 Å². The summed E-state index contributed by atoms with van der Waals surface area (Å²) < 4.78 is 10.6. The highest BCUT2D eigenvalue weighted by molar-refractivity contribution is 6.07. The molecule has 0 aromatic heterocycles. The Labute approximate surface area is 283 Å². The maximum absolute atomic E-state index is 12.3. The van der Waals surface area contributed by atoms with Gasteiger partial charge < -0.3 is 30.3 Å². The van der Waals surface area contributed by atoms with Gasteiger partial charge in [0.05, 0.1) is 14.2 Å². The number of ether oxygens (including phenoxy) is 2. The molecule has 0 aliphatic carbocycles. The van der Waals surface area contributed by atoms with Crippen molar-refractivity contribution in [3.8, 4) is 23.0 Å². The zero-order valence-electron chi connectivity index (χ0n) is 28.8. The predicted molar refractivity (Wildman–Crippen MR) is 196 cm³/mol. The molecule has 0 unspecified atom stereocenters. The number of anilines is 2. The molecule has 0 spiro atoms. The topological polar surface area (TPSA) is 117 Å². The first-order chi connectivity index (χ1) is 23.0. The van der Waals surface area contributed by atoms with Crippen molar-refractivity contribution in [2.45, 2.75) is 39.5 Å². The molecule has 8 nitrogen and oxygen atoms in total. The van der Waals surface area contributed by atoms with Crippen molar-refractivity contribution < 1.29 is 29.3 Å². The van der Waals surface area contributed by atoms with Crippen LogP contribution in [0.3, 0.4) is 0 Å². The van der Waals surface area contributed by atoms with Crippen molar-refractivity contribution in [3.63, 3.8) is 0 Å². The molecule has 0 saturated carbocycles. The number of aromatic hydroxyl groups is 2. The van der Waals surface area contributed by atoms with Crippen LogP contribution < -0.4 is 20.1 Å². The number of methoxy groups -OCH3 is 2. The quantitative estimate of drug-likeness (QED) is 0.0838. The maximum atomic E-state index is 12.3. The highest BCUT2D eigenvalue weighted by Gasteiger charge is 2.12. The number of phenols is 2. The second kappa shape index (κ2) is 18.0. The van der Waals surface area contributed by atoms with Crippen LogP contribution >= 0.6 is 0 Å². The average Bonchev–Trinajstić information content (AvgIpc) is 3.10. The molecular formula is C40H46N2O6. The number of phenolic OH excluding ortho intramolecular Hbond substituents is 2. The van der Waals surface area contributed by atoms with Crippen molar-refractivity contribution in [1.29, 1.82) is 0 Å². The molecule has 0 atom stereocenters. The van der Waals surface area contributed by atoms with E-state index in [9.17, 15) is 19.8 Å². The monoisotopic (exact) mass is 650 g/mol. The molecule has 0 aliphatic rings. The van der Waals surface area contributed by atoms with E-state index in [1.165, 1.54) is 12.2 Å². The number of hydrogen-bond donors (Lipinski definition) is 4. The smallest absolute Gasteiger partial charge is 0.185 e. The number of allylic oxidation sites excluding steroid dienone is 2. The Kier molecular flexibility index (Phi) is 13.9. The number of hydrogen-bond acceptors (Lipinski definition) is 8. The molecule has 0 fully saturated rings. The average molecular weight is 651 g/mol. The molecule has 0 radical (unpaired) electrons. The van der Waals surface area contributed by atoms with Gasteiger partial charge in [-0.05, 0) is 108 Å². The van der Waals surface area contributed by atoms with E-state index in [-0.39, 0.29) is 29.0 Å². The van der Waals surface area contributed by atoms with Gasteiger partial charge in [0.25, 0.3) is 0 Å². The summed E-state index contributed by atoms with van der Waals surface area (Å²) >= 11 is 0. The van der Waals surface area contributed by atoms with Crippen LogP contribution in [0.25, 0.3) is 12.2 Å². The standard InChI is InChI=1S/2C20H23NO3/c1-13(2)17-11-15(20(24-4)12-19(17)23)7-10-18(22)14-5-8-16(21-3)9-6-14;1-4-5-15-12-16(20(24-3)13-19(15)23)8-11-18(22)14-6-9-17(21-2)10-7-14/h5-13,21,23H,1-4H3;6-13,21,23H,4-5H2,1-3H3. The molecule has 4 aromatic rings. The van der Waals surface area contributed by atoms with Crippen LogP contribution in [0, 0.1) is 0 Å². The van der Waals surface area contributed by atoms with E-state index in [0.29, 0.717) is 22.6 Å². The third kappa shape index (κ3) is 10.00. The number of aryl methyl sites for hydroxylation is 1. The fourth-order valence-corrected chi connectivity index (χ4v) is 4.91. The fourth-order valence-electron chi connectivity index (χ4n) is 4.91. The highest BCUT2D eigenvalue weighted by atomic mass is 16.5. The Morgan fingerprint density at radius 3 is 1.54 bits per heavy atom. The lowest BCUT2D eigenvalue weighted by atomic mass is 9.98. The molecule has 4 N–H and O–H groups in total. The van der Waals surface area contributed by atoms with Crippen molar-refractivity contribution in [1.82, 2.24) is 0 Å². The minimum Gasteiger partial charge on any atom is -0.508 e. The van der Waals surface area contributed by atoms with Gasteiger partial charge in [-0.1, -0.05) is 27.2 Å². The Bertz CT molecular complexity index is 1740. The number of ketones is 2. The van der Waals surface area contributed by atoms with Crippen molar-refractivity contribution in [2.75, 3.05) is 38.9 Å². The molecule has 4 aromatic carbocycles. The SMILES string of the molecule is CCCc1cc(C=CC(=O)c2ccc(NC)cc2)c(OC)cc1O.CNc1ccc(C(=O)C=Cc2cc(C(C)C)c(O)cc2OC)cc1. The van der Waals surface area contributed by atoms with Gasteiger partial charge in [0.2, 0.25) is 0 Å². The second-order valence-electron chi connectivity index (χ2n) is 11.3. The van der Waals surface area contributed by atoms with Crippen LogP contribution in [-0.4, -0.2) is 50.1 Å². The van der Waals surface area contributed by atoms with E-state index in [2.05, 4.69) is 17.6 Å². The Morgan fingerprint density at radius 2 is 1.15 bits per heavy atom. The number of benzene rings is 4. The van der Waals surface area contributed by atoms with Gasteiger partial charge in [0, 0.05) is 59.9 Å². The summed E-state index contributed by atoms with van der Waals surface area (Å²) in [5.74, 6) is 1.51. The van der Waals surface area contributed by atoms with Crippen LogP contribution in [0.5, 0.6) is 23.0 Å². The van der Waals surface area contributed by atoms with Gasteiger partial charge in [0.1, 0.15) is 23.0 Å². The van der Waals surface area contributed by atoms with Crippen LogP contribution in [0.1, 0.15) is 76.1 Å². The molecule has 0 saturated heterocycles. The van der Waals surface area contributed by atoms with Crippen LogP contribution in [0.15, 0.2) is 84.9 Å². The van der Waals surface area contributed by atoms with E-state index >= 15 is 0 Å². The number of nitrogens with one attached hydrogen (secondary N) is 2. The van der Waals surface area contributed by atoms with E-state index in [4.69, 9.17) is 9.47 Å². The fraction of sp³-hybridized carbons (Fsp3) is 0.250. The highest BCUT2D eigenvalue weighted by Crippen LogP contribution is 2.34. The molecule has 4 rings (SSSR count). The van der Waals surface area contributed by atoms with Crippen LogP contribution in [0.4, 0.5) is 11.4 Å². The lowest BCUT2D eigenvalue weighted by molar-refractivity contribution is 0.103. The first-order valence-corrected chi connectivity index (χ1v) is 15.9. The summed E-state index contributed by atoms with van der Waals surface area (Å²) in [4.78, 5) is 24.6. The third-order valence-electron chi connectivity index (χ3n) is 7.70. The molecule has 0 bridgehead atoms. The molecule has 252 valence electrons. The van der Waals surface area contributed by atoms with Gasteiger partial charge in [-0.15, -0.1) is 0 Å². The van der Waals surface area contributed by atoms with Gasteiger partial charge in [-0.2, -0.15) is 0 Å². The van der Waals surface area contributed by atoms with E-state index < -0.39 is 0 Å². The van der Waals surface area contributed by atoms with E-state index in [1.807, 2.05) is 64.3 Å². The number of rotatable bonds is 13. The minimum atomic E-state index is -0.0844. The Balaban J connectivity index is 0.000000260. The summed E-state index contributed by atoms with van der Waals surface area (Å²) in [7, 11) is 6.76. The third-order valence-corrected chi connectivity index (χ3v) is 7.70. The lowest BCUT2D eigenvalue weighted by Crippen LogP contribution is -1.96. The zero-order valence-corrected chi connectivity index (χ0v) is 28.8. The van der Waals surface area contributed by atoms with E-state index in [1.54, 1.807) is 62.8 Å². The van der Waals surface area contributed by atoms with Gasteiger partial charge in [-0.3, -0.25) is 9.59 Å². The molecular weight excluding hydrogens is 604 g/mol. The summed E-state index contributed by atoms with van der Waals surface area (Å²) in [6.07, 6.45) is 8.20. The molecule has 48 heavy (non-hydrogen) atoms. The molecule has 0 aliphatic heterocycles. The van der Waals surface area contributed by atoms with Crippen molar-refractivity contribution in [3.05, 3.63) is 118 Å². The largest absolute Gasteiger partial charge is 0.508 e. The molecule has 0 amide bonds. The number of carbonyl (C=O) groups excluding carboxylic acids is 2. The Morgan fingerprint density at radius 1 is 0.708 bits per heavy atom. The van der Waals surface area contributed by atoms with Gasteiger partial charge in [0.15, 0.2) is 11.6 Å². The summed E-state index contributed by atoms with van der Waals surface area (Å²) in [6.45, 7) is 6.06.